The van der Waals surface area contributed by atoms with Crippen LogP contribution in [0.5, 0.6) is 0 Å². The van der Waals surface area contributed by atoms with Gasteiger partial charge in [0.05, 0.1) is 0 Å². The third kappa shape index (κ3) is 1.61. The Bertz CT molecular complexity index is 528. The summed E-state index contributed by atoms with van der Waals surface area (Å²) in [5.74, 6) is 0.491. The van der Waals surface area contributed by atoms with Crippen molar-refractivity contribution in [3.63, 3.8) is 0 Å². The first-order valence-corrected chi connectivity index (χ1v) is 7.06. The van der Waals surface area contributed by atoms with Crippen LogP contribution in [0.15, 0.2) is 10.5 Å². The third-order valence-electron chi connectivity index (χ3n) is 4.11. The lowest BCUT2D eigenvalue weighted by molar-refractivity contribution is 0.0946. The van der Waals surface area contributed by atoms with Crippen molar-refractivity contribution >= 4 is 21.7 Å². The molecule has 1 atom stereocenters. The van der Waals surface area contributed by atoms with Gasteiger partial charge in [-0.05, 0) is 47.4 Å². The fraction of sp³-hybridized carbons (Fsp3) is 0.533. The van der Waals surface area contributed by atoms with E-state index in [1.807, 2.05) is 6.92 Å². The van der Waals surface area contributed by atoms with Crippen molar-refractivity contribution in [1.82, 2.24) is 0 Å². The van der Waals surface area contributed by atoms with Crippen LogP contribution in [0.1, 0.15) is 47.8 Å². The van der Waals surface area contributed by atoms with Gasteiger partial charge in [-0.1, -0.05) is 36.7 Å². The van der Waals surface area contributed by atoms with Crippen LogP contribution in [-0.2, 0) is 19.3 Å². The monoisotopic (exact) mass is 292 g/mol. The highest BCUT2D eigenvalue weighted by molar-refractivity contribution is 9.10. The van der Waals surface area contributed by atoms with Crippen LogP contribution in [0.25, 0.3) is 0 Å². The zero-order valence-corrected chi connectivity index (χ0v) is 12.1. The van der Waals surface area contributed by atoms with Crippen LogP contribution < -0.4 is 0 Å². The Morgan fingerprint density at radius 1 is 1.29 bits per heavy atom. The summed E-state index contributed by atoms with van der Waals surface area (Å²) in [6.45, 7) is 6.63. The summed E-state index contributed by atoms with van der Waals surface area (Å²) in [7, 11) is 0. The molecule has 0 amide bonds. The van der Waals surface area contributed by atoms with Crippen LogP contribution in [0, 0.1) is 11.3 Å². The first-order chi connectivity index (χ1) is 7.89. The number of carbonyl (C=O) groups is 1. The maximum atomic E-state index is 12.1. The van der Waals surface area contributed by atoms with Crippen molar-refractivity contribution < 1.29 is 4.79 Å². The first-order valence-electron chi connectivity index (χ1n) is 6.26. The lowest BCUT2D eigenvalue weighted by Crippen LogP contribution is -2.09. The summed E-state index contributed by atoms with van der Waals surface area (Å²) in [6, 6.07) is 2.16. The quantitative estimate of drug-likeness (QED) is 0.708. The zero-order valence-electron chi connectivity index (χ0n) is 10.6. The second-order valence-corrected chi connectivity index (χ2v) is 7.13. The molecule has 0 bridgehead atoms. The van der Waals surface area contributed by atoms with Gasteiger partial charge in [0.1, 0.15) is 0 Å². The minimum absolute atomic E-state index is 0.164. The predicted molar refractivity (Wildman–Crippen MR) is 72.5 cm³/mol. The molecule has 1 aromatic rings. The number of rotatable bonds is 0. The second kappa shape index (κ2) is 3.44. The van der Waals surface area contributed by atoms with E-state index < -0.39 is 0 Å². The smallest absolute Gasteiger partial charge is 0.166 e. The molecule has 1 nitrogen and oxygen atoms in total. The molecule has 0 fully saturated rings. The topological polar surface area (TPSA) is 17.1 Å². The van der Waals surface area contributed by atoms with E-state index in [-0.39, 0.29) is 5.92 Å². The predicted octanol–water partition coefficient (Wildman–Crippen LogP) is 3.95. The van der Waals surface area contributed by atoms with Gasteiger partial charge < -0.3 is 0 Å². The van der Waals surface area contributed by atoms with Crippen molar-refractivity contribution in [3.05, 3.63) is 32.8 Å². The van der Waals surface area contributed by atoms with E-state index in [1.54, 1.807) is 0 Å². The van der Waals surface area contributed by atoms with E-state index in [4.69, 9.17) is 0 Å². The molecular weight excluding hydrogens is 276 g/mol. The van der Waals surface area contributed by atoms with Crippen LogP contribution in [-0.4, -0.2) is 5.78 Å². The highest BCUT2D eigenvalue weighted by atomic mass is 79.9. The molecule has 0 radical (unpaired) electrons. The Morgan fingerprint density at radius 3 is 2.71 bits per heavy atom. The average molecular weight is 293 g/mol. The number of hydrogen-bond donors (Lipinski definition) is 0. The average Bonchev–Trinajstić information content (AvgIpc) is 2.68. The molecule has 90 valence electrons. The van der Waals surface area contributed by atoms with E-state index in [9.17, 15) is 4.79 Å². The van der Waals surface area contributed by atoms with E-state index in [0.29, 0.717) is 11.2 Å². The Morgan fingerprint density at radius 2 is 2.00 bits per heavy atom. The normalized spacial score (nSPS) is 24.9. The number of fused-ring (bicyclic) bond motifs is 2. The van der Waals surface area contributed by atoms with Crippen LogP contribution in [0.4, 0.5) is 0 Å². The lowest BCUT2D eigenvalue weighted by atomic mass is 9.90. The van der Waals surface area contributed by atoms with Gasteiger partial charge in [0.2, 0.25) is 0 Å². The van der Waals surface area contributed by atoms with Crippen molar-refractivity contribution in [2.45, 2.75) is 40.0 Å². The number of halogens is 1. The van der Waals surface area contributed by atoms with Gasteiger partial charge in [-0.3, -0.25) is 4.79 Å². The number of hydrogen-bond acceptors (Lipinski definition) is 1. The maximum Gasteiger partial charge on any atom is 0.166 e. The molecule has 3 rings (SSSR count). The van der Waals surface area contributed by atoms with Crippen LogP contribution >= 0.6 is 15.9 Å². The molecule has 1 aromatic carbocycles. The fourth-order valence-corrected chi connectivity index (χ4v) is 4.05. The van der Waals surface area contributed by atoms with E-state index in [2.05, 4.69) is 35.8 Å². The molecule has 1 unspecified atom stereocenters. The molecular formula is C15H17BrO. The van der Waals surface area contributed by atoms with Crippen LogP contribution in [0.2, 0.25) is 0 Å². The van der Waals surface area contributed by atoms with Gasteiger partial charge in [0.15, 0.2) is 5.78 Å². The molecule has 17 heavy (non-hydrogen) atoms. The SMILES string of the molecule is CC1Cc2c(cc3c(c2Br)CC(C)(C)C3)C1=O. The van der Waals surface area contributed by atoms with E-state index >= 15 is 0 Å². The number of Topliss-reactive ketones (excluding diaryl/α,β-unsaturated/α-hetero) is 1. The molecule has 0 aromatic heterocycles. The summed E-state index contributed by atoms with van der Waals surface area (Å²) in [4.78, 5) is 12.1. The second-order valence-electron chi connectivity index (χ2n) is 6.34. The van der Waals surface area contributed by atoms with Crippen LogP contribution in [0.3, 0.4) is 0 Å². The molecule has 0 saturated carbocycles. The summed E-state index contributed by atoms with van der Waals surface area (Å²) >= 11 is 3.74. The number of benzene rings is 1. The molecule has 0 N–H and O–H groups in total. The first kappa shape index (κ1) is 11.5. The number of carbonyl (C=O) groups excluding carboxylic acids is 1. The molecule has 0 spiro atoms. The third-order valence-corrected chi connectivity index (χ3v) is 5.07. The highest BCUT2D eigenvalue weighted by Crippen LogP contribution is 2.44. The van der Waals surface area contributed by atoms with Gasteiger partial charge >= 0.3 is 0 Å². The minimum atomic E-state index is 0.164. The summed E-state index contributed by atoms with van der Waals surface area (Å²) in [6.07, 6.45) is 3.12. The summed E-state index contributed by atoms with van der Waals surface area (Å²) < 4.78 is 1.22. The van der Waals surface area contributed by atoms with E-state index in [1.165, 1.54) is 21.2 Å². The van der Waals surface area contributed by atoms with Gasteiger partial charge in [0.25, 0.3) is 0 Å². The van der Waals surface area contributed by atoms with Crippen molar-refractivity contribution in [3.8, 4) is 0 Å². The summed E-state index contributed by atoms with van der Waals surface area (Å²) in [5, 5.41) is 0. The van der Waals surface area contributed by atoms with Gasteiger partial charge in [-0.2, -0.15) is 0 Å². The van der Waals surface area contributed by atoms with Crippen molar-refractivity contribution in [1.29, 1.82) is 0 Å². The Hall–Kier alpha value is -0.630. The Balaban J connectivity index is 2.18. The zero-order chi connectivity index (χ0) is 12.4. The molecule has 2 aliphatic carbocycles. The summed E-state index contributed by atoms with van der Waals surface area (Å²) in [5.41, 5.74) is 5.38. The lowest BCUT2D eigenvalue weighted by Gasteiger charge is -2.15. The van der Waals surface area contributed by atoms with Gasteiger partial charge in [0, 0.05) is 16.0 Å². The Labute approximate surface area is 111 Å². The minimum Gasteiger partial charge on any atom is -0.294 e. The largest absolute Gasteiger partial charge is 0.294 e. The fourth-order valence-electron chi connectivity index (χ4n) is 3.28. The number of ketones is 1. The Kier molecular flexibility index (Phi) is 2.32. The molecule has 2 aliphatic rings. The van der Waals surface area contributed by atoms with Gasteiger partial charge in [-0.25, -0.2) is 0 Å². The van der Waals surface area contributed by atoms with Crippen molar-refractivity contribution in [2.24, 2.45) is 11.3 Å². The standard InChI is InChI=1S/C15H17BrO/c1-8-4-10-11(14(8)17)5-9-6-15(2,3)7-12(9)13(10)16/h5,8H,4,6-7H2,1-3H3. The maximum absolute atomic E-state index is 12.1. The van der Waals surface area contributed by atoms with Gasteiger partial charge in [-0.15, -0.1) is 0 Å². The van der Waals surface area contributed by atoms with E-state index in [0.717, 1.165) is 24.8 Å². The molecule has 0 aliphatic heterocycles. The highest BCUT2D eigenvalue weighted by Gasteiger charge is 2.36. The molecule has 2 heteroatoms. The molecule has 0 saturated heterocycles. The molecule has 0 heterocycles. The van der Waals surface area contributed by atoms with Crippen molar-refractivity contribution in [2.75, 3.05) is 0 Å².